The number of ether oxygens (including phenoxy) is 2. The van der Waals surface area contributed by atoms with Gasteiger partial charge in [-0.1, -0.05) is 24.3 Å². The molecule has 2 aromatic carbocycles. The summed E-state index contributed by atoms with van der Waals surface area (Å²) in [6.45, 7) is 0. The van der Waals surface area contributed by atoms with Crippen molar-refractivity contribution in [3.63, 3.8) is 0 Å². The number of carbonyl (C=O) groups is 2. The fraction of sp³-hybridized carbons (Fsp3) is 0.111. The molecule has 2 rings (SSSR count). The van der Waals surface area contributed by atoms with Crippen molar-refractivity contribution in [1.82, 2.24) is 5.32 Å². The standard InChI is InChI=1S/C18H17NO4/c1-19-18(21)14-10-7-13(8-11-14)9-12-17(20)23-16-6-4-3-5-15(16)22-2/h3-12H,1-2H3,(H,19,21)/b12-9+. The number of amides is 1. The maximum Gasteiger partial charge on any atom is 0.336 e. The van der Waals surface area contributed by atoms with Crippen molar-refractivity contribution in [2.24, 2.45) is 0 Å². The van der Waals surface area contributed by atoms with Gasteiger partial charge in [-0.3, -0.25) is 4.79 Å². The van der Waals surface area contributed by atoms with Crippen molar-refractivity contribution >= 4 is 18.0 Å². The van der Waals surface area contributed by atoms with Gasteiger partial charge in [-0.05, 0) is 35.9 Å². The van der Waals surface area contributed by atoms with E-state index in [1.807, 2.05) is 0 Å². The van der Waals surface area contributed by atoms with Crippen molar-refractivity contribution < 1.29 is 19.1 Å². The van der Waals surface area contributed by atoms with Crippen molar-refractivity contribution in [2.45, 2.75) is 0 Å². The van der Waals surface area contributed by atoms with Crippen molar-refractivity contribution in [3.05, 3.63) is 65.7 Å². The van der Waals surface area contributed by atoms with E-state index in [1.165, 1.54) is 13.2 Å². The minimum absolute atomic E-state index is 0.156. The van der Waals surface area contributed by atoms with E-state index >= 15 is 0 Å². The molecule has 0 saturated carbocycles. The quantitative estimate of drug-likeness (QED) is 0.524. The van der Waals surface area contributed by atoms with Gasteiger partial charge >= 0.3 is 5.97 Å². The highest BCUT2D eigenvalue weighted by atomic mass is 16.6. The van der Waals surface area contributed by atoms with Gasteiger partial charge in [0.15, 0.2) is 11.5 Å². The number of nitrogens with one attached hydrogen (secondary N) is 1. The molecule has 0 aliphatic heterocycles. The minimum Gasteiger partial charge on any atom is -0.493 e. The van der Waals surface area contributed by atoms with E-state index in [0.717, 1.165) is 5.56 Å². The molecule has 118 valence electrons. The molecule has 0 heterocycles. The highest BCUT2D eigenvalue weighted by Crippen LogP contribution is 2.25. The zero-order valence-electron chi connectivity index (χ0n) is 12.9. The summed E-state index contributed by atoms with van der Waals surface area (Å²) in [5.74, 6) is 0.185. The molecule has 0 saturated heterocycles. The van der Waals surface area contributed by atoms with Crippen molar-refractivity contribution in [3.8, 4) is 11.5 Å². The van der Waals surface area contributed by atoms with E-state index in [2.05, 4.69) is 5.32 Å². The Morgan fingerprint density at radius 2 is 1.65 bits per heavy atom. The molecule has 1 N–H and O–H groups in total. The Bertz CT molecular complexity index is 720. The number of benzene rings is 2. The van der Waals surface area contributed by atoms with Gasteiger partial charge in [-0.15, -0.1) is 0 Å². The zero-order valence-corrected chi connectivity index (χ0v) is 12.9. The lowest BCUT2D eigenvalue weighted by atomic mass is 10.1. The summed E-state index contributed by atoms with van der Waals surface area (Å²) in [5.41, 5.74) is 1.34. The average Bonchev–Trinajstić information content (AvgIpc) is 2.60. The third-order valence-corrected chi connectivity index (χ3v) is 3.09. The Hall–Kier alpha value is -3.08. The van der Waals surface area contributed by atoms with E-state index in [0.29, 0.717) is 17.1 Å². The highest BCUT2D eigenvalue weighted by Gasteiger charge is 2.06. The molecule has 0 aliphatic carbocycles. The van der Waals surface area contributed by atoms with E-state index in [9.17, 15) is 9.59 Å². The van der Waals surface area contributed by atoms with Crippen LogP contribution in [0.2, 0.25) is 0 Å². The Labute approximate surface area is 134 Å². The van der Waals surface area contributed by atoms with Crippen LogP contribution in [0.1, 0.15) is 15.9 Å². The van der Waals surface area contributed by atoms with Gasteiger partial charge < -0.3 is 14.8 Å². The van der Waals surface area contributed by atoms with Crippen molar-refractivity contribution in [1.29, 1.82) is 0 Å². The summed E-state index contributed by atoms with van der Waals surface area (Å²) >= 11 is 0. The predicted molar refractivity (Wildman–Crippen MR) is 87.5 cm³/mol. The molecule has 23 heavy (non-hydrogen) atoms. The molecule has 2 aromatic rings. The average molecular weight is 311 g/mol. The van der Waals surface area contributed by atoms with Crippen LogP contribution in [-0.4, -0.2) is 26.0 Å². The molecule has 5 heteroatoms. The van der Waals surface area contributed by atoms with E-state index < -0.39 is 5.97 Å². The Kier molecular flexibility index (Phi) is 5.52. The molecule has 0 fully saturated rings. The second-order valence-corrected chi connectivity index (χ2v) is 4.61. The van der Waals surface area contributed by atoms with Gasteiger partial charge in [0.05, 0.1) is 7.11 Å². The van der Waals surface area contributed by atoms with Crippen LogP contribution in [0, 0.1) is 0 Å². The SMILES string of the molecule is CNC(=O)c1ccc(/C=C/C(=O)Oc2ccccc2OC)cc1. The lowest BCUT2D eigenvalue weighted by Crippen LogP contribution is -2.17. The lowest BCUT2D eigenvalue weighted by Gasteiger charge is -2.06. The molecule has 0 spiro atoms. The smallest absolute Gasteiger partial charge is 0.336 e. The molecule has 0 bridgehead atoms. The maximum absolute atomic E-state index is 11.8. The first-order valence-corrected chi connectivity index (χ1v) is 6.99. The van der Waals surface area contributed by atoms with Crippen molar-refractivity contribution in [2.75, 3.05) is 14.2 Å². The van der Waals surface area contributed by atoms with Gasteiger partial charge in [-0.2, -0.15) is 0 Å². The second kappa shape index (κ2) is 7.79. The normalized spacial score (nSPS) is 10.3. The first kappa shape index (κ1) is 16.3. The van der Waals surface area contributed by atoms with Crippen LogP contribution in [0.4, 0.5) is 0 Å². The summed E-state index contributed by atoms with van der Waals surface area (Å²) in [6.07, 6.45) is 2.94. The molecule has 0 radical (unpaired) electrons. The summed E-state index contributed by atoms with van der Waals surface area (Å²) in [6, 6.07) is 13.8. The predicted octanol–water partition coefficient (Wildman–Crippen LogP) is 2.67. The maximum atomic E-state index is 11.8. The molecule has 1 amide bonds. The van der Waals surface area contributed by atoms with Gasteiger partial charge in [0.2, 0.25) is 0 Å². The third-order valence-electron chi connectivity index (χ3n) is 3.09. The molecular weight excluding hydrogens is 294 g/mol. The van der Waals surface area contributed by atoms with Crippen LogP contribution in [0.15, 0.2) is 54.6 Å². The van der Waals surface area contributed by atoms with Crippen LogP contribution < -0.4 is 14.8 Å². The number of carbonyl (C=O) groups excluding carboxylic acids is 2. The molecule has 0 aliphatic rings. The minimum atomic E-state index is -0.509. The number of esters is 1. The molecule has 5 nitrogen and oxygen atoms in total. The fourth-order valence-electron chi connectivity index (χ4n) is 1.90. The van der Waals surface area contributed by atoms with Gasteiger partial charge in [-0.25, -0.2) is 4.79 Å². The lowest BCUT2D eigenvalue weighted by molar-refractivity contribution is -0.129. The molecule has 0 aromatic heterocycles. The highest BCUT2D eigenvalue weighted by molar-refractivity contribution is 5.94. The molecule has 0 atom stereocenters. The van der Waals surface area contributed by atoms with Crippen LogP contribution in [0.25, 0.3) is 6.08 Å². The number of hydrogen-bond donors (Lipinski definition) is 1. The molecular formula is C18H17NO4. The van der Waals surface area contributed by atoms with Gasteiger partial charge in [0.25, 0.3) is 5.91 Å². The monoisotopic (exact) mass is 311 g/mol. The van der Waals surface area contributed by atoms with E-state index in [1.54, 1.807) is 61.7 Å². The number of para-hydroxylation sites is 2. The number of methoxy groups -OCH3 is 1. The summed E-state index contributed by atoms with van der Waals surface area (Å²) < 4.78 is 10.3. The summed E-state index contributed by atoms with van der Waals surface area (Å²) in [7, 11) is 3.08. The topological polar surface area (TPSA) is 64.6 Å². The summed E-state index contributed by atoms with van der Waals surface area (Å²) in [5, 5.41) is 2.55. The largest absolute Gasteiger partial charge is 0.493 e. The molecule has 0 unspecified atom stereocenters. The van der Waals surface area contributed by atoms with Crippen LogP contribution in [-0.2, 0) is 4.79 Å². The van der Waals surface area contributed by atoms with Gasteiger partial charge in [0, 0.05) is 18.7 Å². The third kappa shape index (κ3) is 4.44. The van der Waals surface area contributed by atoms with Crippen LogP contribution in [0.5, 0.6) is 11.5 Å². The number of rotatable bonds is 5. The van der Waals surface area contributed by atoms with Crippen LogP contribution in [0.3, 0.4) is 0 Å². The first-order valence-electron chi connectivity index (χ1n) is 6.99. The fourth-order valence-corrected chi connectivity index (χ4v) is 1.90. The van der Waals surface area contributed by atoms with Crippen LogP contribution >= 0.6 is 0 Å². The zero-order chi connectivity index (χ0) is 16.7. The number of hydrogen-bond acceptors (Lipinski definition) is 4. The first-order chi connectivity index (χ1) is 11.1. The Morgan fingerprint density at radius 1 is 1.00 bits per heavy atom. The Morgan fingerprint density at radius 3 is 2.26 bits per heavy atom. The van der Waals surface area contributed by atoms with E-state index in [-0.39, 0.29) is 5.91 Å². The summed E-state index contributed by atoms with van der Waals surface area (Å²) in [4.78, 5) is 23.3. The van der Waals surface area contributed by atoms with Gasteiger partial charge in [0.1, 0.15) is 0 Å². The Balaban J connectivity index is 2.02. The van der Waals surface area contributed by atoms with E-state index in [4.69, 9.17) is 9.47 Å². The second-order valence-electron chi connectivity index (χ2n) is 4.61.